The molecule has 0 spiro atoms. The molecule has 2 aliphatic rings. The highest BCUT2D eigenvalue weighted by atomic mass is 32.2. The van der Waals surface area contributed by atoms with Crippen molar-refractivity contribution >= 4 is 17.7 Å². The Morgan fingerprint density at radius 2 is 2.21 bits per heavy atom. The molecule has 5 nitrogen and oxygen atoms in total. The van der Waals surface area contributed by atoms with Crippen LogP contribution >= 0.6 is 11.8 Å². The van der Waals surface area contributed by atoms with Crippen LogP contribution in [-0.2, 0) is 4.79 Å². The van der Waals surface area contributed by atoms with Crippen LogP contribution < -0.4 is 10.9 Å². The van der Waals surface area contributed by atoms with Gasteiger partial charge in [-0.05, 0) is 37.5 Å². The largest absolute Gasteiger partial charge is 0.353 e. The van der Waals surface area contributed by atoms with Gasteiger partial charge in [-0.1, -0.05) is 32.5 Å². The van der Waals surface area contributed by atoms with Crippen LogP contribution in [0.25, 0.3) is 0 Å². The van der Waals surface area contributed by atoms with Crippen molar-refractivity contribution in [3.05, 3.63) is 22.1 Å². The van der Waals surface area contributed by atoms with E-state index in [4.69, 9.17) is 0 Å². The zero-order valence-corrected chi connectivity index (χ0v) is 15.8. The summed E-state index contributed by atoms with van der Waals surface area (Å²) in [7, 11) is 0. The van der Waals surface area contributed by atoms with Gasteiger partial charge in [-0.3, -0.25) is 14.2 Å². The molecule has 1 amide bonds. The minimum Gasteiger partial charge on any atom is -0.353 e. The number of nitrogens with zero attached hydrogens (tertiary/aromatic N) is 2. The summed E-state index contributed by atoms with van der Waals surface area (Å²) < 4.78 is 1.69. The second-order valence-electron chi connectivity index (χ2n) is 8.24. The summed E-state index contributed by atoms with van der Waals surface area (Å²) in [5.41, 5.74) is 0.971. The van der Waals surface area contributed by atoms with Crippen molar-refractivity contribution < 1.29 is 4.79 Å². The molecule has 0 aromatic carbocycles. The Balaban J connectivity index is 1.64. The van der Waals surface area contributed by atoms with E-state index in [9.17, 15) is 9.59 Å². The van der Waals surface area contributed by atoms with Gasteiger partial charge in [-0.25, -0.2) is 4.98 Å². The van der Waals surface area contributed by atoms with Gasteiger partial charge in [0.05, 0.1) is 6.04 Å². The standard InChI is InChI=1S/C18H27N3O2S/c1-11-5-13(9-18(3,4)8-11)20-15(22)7-14-10-24-17-19-12(2)6-16(23)21(14)17/h6,11,13-14H,5,7-10H2,1-4H3,(H,20,22). The van der Waals surface area contributed by atoms with Crippen molar-refractivity contribution in [2.24, 2.45) is 11.3 Å². The molecule has 1 fully saturated rings. The number of hydrogen-bond acceptors (Lipinski definition) is 4. The molecule has 3 unspecified atom stereocenters. The molecule has 0 bridgehead atoms. The Kier molecular flexibility index (Phi) is 4.78. The third kappa shape index (κ3) is 3.85. The molecule has 1 N–H and O–H groups in total. The van der Waals surface area contributed by atoms with Gasteiger partial charge in [0.15, 0.2) is 5.16 Å². The number of carbonyl (C=O) groups excluding carboxylic acids is 1. The van der Waals surface area contributed by atoms with Crippen LogP contribution in [0.4, 0.5) is 0 Å². The van der Waals surface area contributed by atoms with Crippen LogP contribution in [0.1, 0.15) is 58.2 Å². The summed E-state index contributed by atoms with van der Waals surface area (Å²) in [6.07, 6.45) is 3.65. The lowest BCUT2D eigenvalue weighted by atomic mass is 9.70. The molecule has 1 aliphatic carbocycles. The third-order valence-electron chi connectivity index (χ3n) is 4.99. The van der Waals surface area contributed by atoms with E-state index in [1.54, 1.807) is 22.4 Å². The predicted molar refractivity (Wildman–Crippen MR) is 96.3 cm³/mol. The van der Waals surface area contributed by atoms with Crippen molar-refractivity contribution in [1.29, 1.82) is 0 Å². The van der Waals surface area contributed by atoms with Gasteiger partial charge in [-0.15, -0.1) is 0 Å². The van der Waals surface area contributed by atoms with Gasteiger partial charge in [0.25, 0.3) is 5.56 Å². The van der Waals surface area contributed by atoms with Gasteiger partial charge in [0, 0.05) is 30.0 Å². The Labute approximate surface area is 147 Å². The molecular formula is C18H27N3O2S. The molecule has 0 radical (unpaired) electrons. The molecule has 24 heavy (non-hydrogen) atoms. The lowest BCUT2D eigenvalue weighted by molar-refractivity contribution is -0.123. The van der Waals surface area contributed by atoms with Gasteiger partial charge < -0.3 is 5.32 Å². The molecule has 6 heteroatoms. The number of carbonyl (C=O) groups is 1. The number of thioether (sulfide) groups is 1. The van der Waals surface area contributed by atoms with Crippen LogP contribution in [0, 0.1) is 18.3 Å². The molecule has 1 saturated carbocycles. The SMILES string of the molecule is Cc1cc(=O)n2c(n1)SCC2CC(=O)NC1CC(C)CC(C)(C)C1. The Morgan fingerprint density at radius 3 is 2.92 bits per heavy atom. The maximum atomic E-state index is 12.5. The first-order valence-electron chi connectivity index (χ1n) is 8.76. The summed E-state index contributed by atoms with van der Waals surface area (Å²) >= 11 is 1.56. The maximum Gasteiger partial charge on any atom is 0.254 e. The van der Waals surface area contributed by atoms with Gasteiger partial charge in [0.1, 0.15) is 0 Å². The van der Waals surface area contributed by atoms with E-state index in [2.05, 4.69) is 31.1 Å². The predicted octanol–water partition coefficient (Wildman–Crippen LogP) is 2.92. The van der Waals surface area contributed by atoms with Gasteiger partial charge in [-0.2, -0.15) is 0 Å². The van der Waals surface area contributed by atoms with Crippen LogP contribution in [-0.4, -0.2) is 27.3 Å². The van der Waals surface area contributed by atoms with E-state index >= 15 is 0 Å². The highest BCUT2D eigenvalue weighted by Gasteiger charge is 2.34. The highest BCUT2D eigenvalue weighted by Crippen LogP contribution is 2.38. The lowest BCUT2D eigenvalue weighted by Crippen LogP contribution is -2.43. The van der Waals surface area contributed by atoms with E-state index in [0.717, 1.165) is 29.4 Å². The summed E-state index contributed by atoms with van der Waals surface area (Å²) in [6.45, 7) is 8.64. The minimum absolute atomic E-state index is 0.0484. The number of hydrogen-bond donors (Lipinski definition) is 1. The number of fused-ring (bicyclic) bond motifs is 1. The average molecular weight is 350 g/mol. The van der Waals surface area contributed by atoms with Gasteiger partial charge >= 0.3 is 0 Å². The minimum atomic E-state index is -0.0837. The first-order chi connectivity index (χ1) is 11.2. The fraction of sp³-hybridized carbons (Fsp3) is 0.722. The summed E-state index contributed by atoms with van der Waals surface area (Å²) in [4.78, 5) is 29.1. The molecule has 132 valence electrons. The normalized spacial score (nSPS) is 28.4. The quantitative estimate of drug-likeness (QED) is 0.852. The second-order valence-corrected chi connectivity index (χ2v) is 9.22. The molecule has 1 aromatic heterocycles. The fourth-order valence-electron chi connectivity index (χ4n) is 4.37. The number of aryl methyl sites for hydroxylation is 1. The van der Waals surface area contributed by atoms with E-state index < -0.39 is 0 Å². The smallest absolute Gasteiger partial charge is 0.254 e. The first kappa shape index (κ1) is 17.5. The van der Waals surface area contributed by atoms with Crippen molar-refractivity contribution in [3.8, 4) is 0 Å². The molecule has 2 heterocycles. The second kappa shape index (κ2) is 6.54. The van der Waals surface area contributed by atoms with Crippen LogP contribution in [0.3, 0.4) is 0 Å². The molecule has 3 atom stereocenters. The Bertz CT molecular complexity index is 698. The highest BCUT2D eigenvalue weighted by molar-refractivity contribution is 7.99. The molecule has 0 saturated heterocycles. The van der Waals surface area contributed by atoms with Crippen LogP contribution in [0.2, 0.25) is 0 Å². The van der Waals surface area contributed by atoms with E-state index in [0.29, 0.717) is 12.3 Å². The average Bonchev–Trinajstić information content (AvgIpc) is 2.78. The zero-order valence-electron chi connectivity index (χ0n) is 15.0. The van der Waals surface area contributed by atoms with E-state index in [1.807, 2.05) is 6.92 Å². The number of amides is 1. The van der Waals surface area contributed by atoms with Crippen LogP contribution in [0.15, 0.2) is 16.0 Å². The molecule has 1 aromatic rings. The van der Waals surface area contributed by atoms with E-state index in [-0.39, 0.29) is 29.0 Å². The van der Waals surface area contributed by atoms with Crippen molar-refractivity contribution in [3.63, 3.8) is 0 Å². The first-order valence-corrected chi connectivity index (χ1v) is 9.74. The van der Waals surface area contributed by atoms with Crippen molar-refractivity contribution in [1.82, 2.24) is 14.9 Å². The molecule has 3 rings (SSSR count). The van der Waals surface area contributed by atoms with Crippen molar-refractivity contribution in [2.45, 2.75) is 70.6 Å². The third-order valence-corrected chi connectivity index (χ3v) is 6.09. The number of rotatable bonds is 3. The Morgan fingerprint density at radius 1 is 1.46 bits per heavy atom. The maximum absolute atomic E-state index is 12.5. The van der Waals surface area contributed by atoms with Crippen LogP contribution in [0.5, 0.6) is 0 Å². The molecular weight excluding hydrogens is 322 g/mol. The zero-order chi connectivity index (χ0) is 17.5. The summed E-state index contributed by atoms with van der Waals surface area (Å²) in [5.74, 6) is 1.43. The van der Waals surface area contributed by atoms with Crippen molar-refractivity contribution in [2.75, 3.05) is 5.75 Å². The number of nitrogens with one attached hydrogen (secondary N) is 1. The monoisotopic (exact) mass is 349 g/mol. The summed E-state index contributed by atoms with van der Waals surface area (Å²) in [5, 5.41) is 3.95. The topological polar surface area (TPSA) is 64.0 Å². The van der Waals surface area contributed by atoms with E-state index in [1.165, 1.54) is 6.42 Å². The fourth-order valence-corrected chi connectivity index (χ4v) is 5.56. The molecule has 1 aliphatic heterocycles. The Hall–Kier alpha value is -1.30. The lowest BCUT2D eigenvalue weighted by Gasteiger charge is -2.39. The summed E-state index contributed by atoms with van der Waals surface area (Å²) in [6, 6.07) is 1.71. The van der Waals surface area contributed by atoms with Gasteiger partial charge in [0.2, 0.25) is 5.91 Å². The number of aromatic nitrogens is 2.